The molecule has 0 aliphatic carbocycles. The number of thioether (sulfide) groups is 1. The Bertz CT molecular complexity index is 363. The molecule has 116 valence electrons. The summed E-state index contributed by atoms with van der Waals surface area (Å²) in [7, 11) is 0. The molecule has 0 fully saturated rings. The van der Waals surface area contributed by atoms with Gasteiger partial charge in [-0.2, -0.15) is 16.9 Å². The summed E-state index contributed by atoms with van der Waals surface area (Å²) < 4.78 is 2.04. The van der Waals surface area contributed by atoms with Gasteiger partial charge in [0.15, 0.2) is 0 Å². The zero-order chi connectivity index (χ0) is 15.0. The molecule has 1 N–H and O–H groups in total. The van der Waals surface area contributed by atoms with Gasteiger partial charge in [0, 0.05) is 24.3 Å². The summed E-state index contributed by atoms with van der Waals surface area (Å²) in [5.74, 6) is 4.22. The number of nitrogens with zero attached hydrogens (tertiary/aromatic N) is 3. The molecule has 1 aromatic rings. The van der Waals surface area contributed by atoms with Gasteiger partial charge in [-0.3, -0.25) is 0 Å². The second-order valence-electron chi connectivity index (χ2n) is 6.00. The minimum Gasteiger partial charge on any atom is -0.313 e. The van der Waals surface area contributed by atoms with Crippen molar-refractivity contribution in [1.29, 1.82) is 0 Å². The molecule has 0 amide bonds. The molecule has 1 heterocycles. The summed E-state index contributed by atoms with van der Waals surface area (Å²) in [5.41, 5.74) is 0. The average molecular weight is 298 g/mol. The van der Waals surface area contributed by atoms with Gasteiger partial charge in [-0.25, -0.2) is 9.67 Å². The Labute approximate surface area is 128 Å². The third-order valence-corrected chi connectivity index (χ3v) is 4.56. The first-order chi connectivity index (χ1) is 9.54. The molecule has 1 aromatic heterocycles. The van der Waals surface area contributed by atoms with E-state index < -0.39 is 0 Å². The van der Waals surface area contributed by atoms with Gasteiger partial charge in [0.1, 0.15) is 12.2 Å². The molecule has 0 saturated heterocycles. The van der Waals surface area contributed by atoms with Gasteiger partial charge in [-0.05, 0) is 38.5 Å². The van der Waals surface area contributed by atoms with Crippen molar-refractivity contribution < 1.29 is 0 Å². The Kier molecular flexibility index (Phi) is 8.22. The lowest BCUT2D eigenvalue weighted by molar-refractivity contribution is 0.472. The SMILES string of the molecule is CCCNC(CSCC(C)C)Cc1ncnn1C(C)C. The largest absolute Gasteiger partial charge is 0.313 e. The molecule has 1 unspecified atom stereocenters. The first-order valence-electron chi connectivity index (χ1n) is 7.74. The van der Waals surface area contributed by atoms with Gasteiger partial charge in [0.25, 0.3) is 0 Å². The quantitative estimate of drug-likeness (QED) is 0.720. The molecule has 0 radical (unpaired) electrons. The lowest BCUT2D eigenvalue weighted by Gasteiger charge is -2.19. The summed E-state index contributed by atoms with van der Waals surface area (Å²) in [5, 5.41) is 7.97. The predicted molar refractivity (Wildman–Crippen MR) is 88.4 cm³/mol. The van der Waals surface area contributed by atoms with E-state index in [1.807, 2.05) is 16.4 Å². The molecule has 5 heteroatoms. The van der Waals surface area contributed by atoms with Crippen LogP contribution in [0.15, 0.2) is 6.33 Å². The zero-order valence-corrected chi connectivity index (χ0v) is 14.4. The van der Waals surface area contributed by atoms with Crippen LogP contribution in [0.1, 0.15) is 52.9 Å². The molecule has 0 aliphatic heterocycles. The Balaban J connectivity index is 2.56. The molecule has 4 nitrogen and oxygen atoms in total. The van der Waals surface area contributed by atoms with E-state index in [0.29, 0.717) is 12.1 Å². The Morgan fingerprint density at radius 1 is 1.25 bits per heavy atom. The van der Waals surface area contributed by atoms with Crippen molar-refractivity contribution in [2.45, 2.75) is 59.5 Å². The van der Waals surface area contributed by atoms with Crippen molar-refractivity contribution >= 4 is 11.8 Å². The highest BCUT2D eigenvalue weighted by Crippen LogP contribution is 2.13. The van der Waals surface area contributed by atoms with Gasteiger partial charge >= 0.3 is 0 Å². The maximum Gasteiger partial charge on any atom is 0.138 e. The maximum absolute atomic E-state index is 4.43. The minimum absolute atomic E-state index is 0.377. The lowest BCUT2D eigenvalue weighted by Crippen LogP contribution is -2.35. The van der Waals surface area contributed by atoms with E-state index in [-0.39, 0.29) is 0 Å². The third-order valence-electron chi connectivity index (χ3n) is 3.02. The van der Waals surface area contributed by atoms with Crippen molar-refractivity contribution in [2.24, 2.45) is 5.92 Å². The number of rotatable bonds is 10. The van der Waals surface area contributed by atoms with Crippen LogP contribution < -0.4 is 5.32 Å². The first kappa shape index (κ1) is 17.5. The molecule has 0 spiro atoms. The Hall–Kier alpha value is -0.550. The molecule has 20 heavy (non-hydrogen) atoms. The van der Waals surface area contributed by atoms with Gasteiger partial charge in [0.05, 0.1) is 0 Å². The predicted octanol–water partition coefficient (Wildman–Crippen LogP) is 3.16. The molecule has 0 saturated carbocycles. The van der Waals surface area contributed by atoms with E-state index in [0.717, 1.165) is 30.5 Å². The van der Waals surface area contributed by atoms with E-state index in [9.17, 15) is 0 Å². The lowest BCUT2D eigenvalue weighted by atomic mass is 10.2. The molecular weight excluding hydrogens is 268 g/mol. The van der Waals surface area contributed by atoms with Crippen LogP contribution >= 0.6 is 11.8 Å². The van der Waals surface area contributed by atoms with Crippen LogP contribution in [0.5, 0.6) is 0 Å². The number of aromatic nitrogens is 3. The number of hydrogen-bond acceptors (Lipinski definition) is 4. The van der Waals surface area contributed by atoms with E-state index in [2.05, 4.69) is 50.0 Å². The molecule has 0 bridgehead atoms. The maximum atomic E-state index is 4.43. The zero-order valence-electron chi connectivity index (χ0n) is 13.6. The van der Waals surface area contributed by atoms with E-state index in [4.69, 9.17) is 0 Å². The summed E-state index contributed by atoms with van der Waals surface area (Å²) >= 11 is 2.04. The fraction of sp³-hybridized carbons (Fsp3) is 0.867. The second kappa shape index (κ2) is 9.40. The van der Waals surface area contributed by atoms with E-state index in [1.54, 1.807) is 6.33 Å². The average Bonchev–Trinajstić information content (AvgIpc) is 2.83. The van der Waals surface area contributed by atoms with Gasteiger partial charge < -0.3 is 5.32 Å². The fourth-order valence-corrected chi connectivity index (χ4v) is 3.18. The van der Waals surface area contributed by atoms with Gasteiger partial charge in [-0.1, -0.05) is 20.8 Å². The van der Waals surface area contributed by atoms with Crippen LogP contribution in [0.2, 0.25) is 0 Å². The van der Waals surface area contributed by atoms with Crippen molar-refractivity contribution in [2.75, 3.05) is 18.1 Å². The normalized spacial score (nSPS) is 13.3. The van der Waals surface area contributed by atoms with Crippen LogP contribution in [0.4, 0.5) is 0 Å². The highest BCUT2D eigenvalue weighted by molar-refractivity contribution is 7.99. The number of nitrogens with one attached hydrogen (secondary N) is 1. The molecule has 1 atom stereocenters. The molecule has 0 aromatic carbocycles. The monoisotopic (exact) mass is 298 g/mol. The van der Waals surface area contributed by atoms with Crippen molar-refractivity contribution in [3.8, 4) is 0 Å². The third kappa shape index (κ3) is 6.27. The van der Waals surface area contributed by atoms with E-state index in [1.165, 1.54) is 12.2 Å². The first-order valence-corrected chi connectivity index (χ1v) is 8.89. The van der Waals surface area contributed by atoms with Crippen LogP contribution in [0.3, 0.4) is 0 Å². The highest BCUT2D eigenvalue weighted by atomic mass is 32.2. The molecule has 1 rings (SSSR count). The second-order valence-corrected chi connectivity index (χ2v) is 7.08. The fourth-order valence-electron chi connectivity index (χ4n) is 2.06. The Morgan fingerprint density at radius 2 is 2.00 bits per heavy atom. The van der Waals surface area contributed by atoms with Crippen molar-refractivity contribution in [1.82, 2.24) is 20.1 Å². The van der Waals surface area contributed by atoms with Crippen molar-refractivity contribution in [3.05, 3.63) is 12.2 Å². The van der Waals surface area contributed by atoms with E-state index >= 15 is 0 Å². The summed E-state index contributed by atoms with van der Waals surface area (Å²) in [6.07, 6.45) is 3.80. The van der Waals surface area contributed by atoms with Crippen LogP contribution in [0, 0.1) is 5.92 Å². The molecular formula is C15H30N4S. The van der Waals surface area contributed by atoms with Gasteiger partial charge in [0.2, 0.25) is 0 Å². The summed E-state index contributed by atoms with van der Waals surface area (Å²) in [6.45, 7) is 12.1. The van der Waals surface area contributed by atoms with Crippen LogP contribution in [-0.4, -0.2) is 38.9 Å². The summed E-state index contributed by atoms with van der Waals surface area (Å²) in [4.78, 5) is 4.43. The molecule has 0 aliphatic rings. The summed E-state index contributed by atoms with van der Waals surface area (Å²) in [6, 6.07) is 0.864. The standard InChI is InChI=1S/C15H30N4S/c1-6-7-16-14(10-20-9-12(2)3)8-15-17-11-18-19(15)13(4)5/h11-14,16H,6-10H2,1-5H3. The Morgan fingerprint density at radius 3 is 2.60 bits per heavy atom. The topological polar surface area (TPSA) is 42.7 Å². The highest BCUT2D eigenvalue weighted by Gasteiger charge is 2.15. The van der Waals surface area contributed by atoms with Gasteiger partial charge in [-0.15, -0.1) is 0 Å². The number of hydrogen-bond donors (Lipinski definition) is 1. The smallest absolute Gasteiger partial charge is 0.138 e. The van der Waals surface area contributed by atoms with Crippen LogP contribution in [-0.2, 0) is 6.42 Å². The minimum atomic E-state index is 0.377. The van der Waals surface area contributed by atoms with Crippen molar-refractivity contribution in [3.63, 3.8) is 0 Å². The van der Waals surface area contributed by atoms with Crippen LogP contribution in [0.25, 0.3) is 0 Å².